The SMILES string of the molecule is CC/C=C\C/C=C\C/C=C\C/C=C\C/C=C\CCCCCCCCCCCCCCCCCCCCCCCC(=O)OC(COC(=O)CCCCCCCCCCCCCCCCCCCCC/C=C\CCCCCCCCCC)COP(=O)(O)OCCN. The zero-order valence-electron chi connectivity index (χ0n) is 58.7. The summed E-state index contributed by atoms with van der Waals surface area (Å²) in [7, 11) is -4.39. The summed E-state index contributed by atoms with van der Waals surface area (Å²) in [6, 6.07) is 0. The first-order chi connectivity index (χ1) is 43.8. The van der Waals surface area contributed by atoms with E-state index in [-0.39, 0.29) is 38.6 Å². The van der Waals surface area contributed by atoms with Gasteiger partial charge in [0.25, 0.3) is 0 Å². The van der Waals surface area contributed by atoms with Gasteiger partial charge in [-0.25, -0.2) is 4.57 Å². The van der Waals surface area contributed by atoms with Gasteiger partial charge in [-0.05, 0) is 83.5 Å². The minimum Gasteiger partial charge on any atom is -0.462 e. The van der Waals surface area contributed by atoms with Crippen LogP contribution >= 0.6 is 7.82 Å². The highest BCUT2D eigenvalue weighted by molar-refractivity contribution is 7.47. The van der Waals surface area contributed by atoms with Gasteiger partial charge in [0.15, 0.2) is 6.10 Å². The summed E-state index contributed by atoms with van der Waals surface area (Å²) in [6.07, 6.45) is 98.9. The molecule has 0 fully saturated rings. The number of hydrogen-bond donors (Lipinski definition) is 2. The Morgan fingerprint density at radius 2 is 0.618 bits per heavy atom. The molecular formula is C79H146NO8P. The van der Waals surface area contributed by atoms with Gasteiger partial charge in [0.1, 0.15) is 6.61 Å². The summed E-state index contributed by atoms with van der Waals surface area (Å²) >= 11 is 0. The Hall–Kier alpha value is -2.55. The van der Waals surface area contributed by atoms with Crippen molar-refractivity contribution >= 4 is 19.8 Å². The van der Waals surface area contributed by atoms with Gasteiger partial charge < -0.3 is 20.1 Å². The number of carbonyl (C=O) groups excluding carboxylic acids is 2. The normalized spacial score (nSPS) is 13.3. The van der Waals surface area contributed by atoms with Crippen molar-refractivity contribution in [3.05, 3.63) is 72.9 Å². The molecule has 0 aromatic rings. The number of allylic oxidation sites excluding steroid dienone is 12. The minimum absolute atomic E-state index is 0.0547. The van der Waals surface area contributed by atoms with E-state index in [1.165, 1.54) is 289 Å². The van der Waals surface area contributed by atoms with Gasteiger partial charge >= 0.3 is 19.8 Å². The summed E-state index contributed by atoms with van der Waals surface area (Å²) in [6.45, 7) is 3.70. The highest BCUT2D eigenvalue weighted by atomic mass is 31.2. The minimum atomic E-state index is -4.39. The van der Waals surface area contributed by atoms with Crippen LogP contribution in [0.1, 0.15) is 386 Å². The summed E-state index contributed by atoms with van der Waals surface area (Å²) in [5.41, 5.74) is 5.41. The van der Waals surface area contributed by atoms with Crippen LogP contribution in [0, 0.1) is 0 Å². The van der Waals surface area contributed by atoms with Crippen LogP contribution in [0.5, 0.6) is 0 Å². The van der Waals surface area contributed by atoms with Gasteiger partial charge in [-0.3, -0.25) is 18.6 Å². The lowest BCUT2D eigenvalue weighted by Gasteiger charge is -2.19. The Bertz CT molecular complexity index is 1690. The van der Waals surface area contributed by atoms with Gasteiger partial charge in [0.2, 0.25) is 0 Å². The number of unbranched alkanes of at least 4 members (excludes halogenated alkanes) is 48. The van der Waals surface area contributed by atoms with Crippen LogP contribution in [-0.2, 0) is 32.7 Å². The molecule has 0 saturated heterocycles. The number of esters is 2. The van der Waals surface area contributed by atoms with Gasteiger partial charge in [-0.1, -0.05) is 363 Å². The maximum atomic E-state index is 12.8. The van der Waals surface area contributed by atoms with Crippen LogP contribution < -0.4 is 5.73 Å². The van der Waals surface area contributed by atoms with Crippen molar-refractivity contribution in [1.82, 2.24) is 0 Å². The third kappa shape index (κ3) is 74.4. The van der Waals surface area contributed by atoms with E-state index < -0.39 is 26.5 Å². The second kappa shape index (κ2) is 74.5. The van der Waals surface area contributed by atoms with E-state index in [9.17, 15) is 19.0 Å². The maximum absolute atomic E-state index is 12.8. The van der Waals surface area contributed by atoms with E-state index in [0.717, 1.165) is 64.2 Å². The highest BCUT2D eigenvalue weighted by Crippen LogP contribution is 2.43. The van der Waals surface area contributed by atoms with Crippen LogP contribution in [0.3, 0.4) is 0 Å². The highest BCUT2D eigenvalue weighted by Gasteiger charge is 2.26. The molecular weight excluding hydrogens is 1120 g/mol. The van der Waals surface area contributed by atoms with Crippen LogP contribution in [0.4, 0.5) is 0 Å². The first-order valence-electron chi connectivity index (χ1n) is 38.4. The van der Waals surface area contributed by atoms with Crippen molar-refractivity contribution in [2.24, 2.45) is 5.73 Å². The largest absolute Gasteiger partial charge is 0.472 e. The number of rotatable bonds is 73. The quantitative estimate of drug-likeness (QED) is 0.0264. The van der Waals surface area contributed by atoms with Crippen molar-refractivity contribution in [2.45, 2.75) is 392 Å². The molecule has 2 atom stereocenters. The van der Waals surface area contributed by atoms with E-state index in [1.54, 1.807) is 0 Å². The predicted molar refractivity (Wildman–Crippen MR) is 386 cm³/mol. The average molecular weight is 1270 g/mol. The van der Waals surface area contributed by atoms with Gasteiger partial charge in [-0.2, -0.15) is 0 Å². The molecule has 2 unspecified atom stereocenters. The molecule has 0 spiro atoms. The second-order valence-electron chi connectivity index (χ2n) is 25.8. The monoisotopic (exact) mass is 1270 g/mol. The summed E-state index contributed by atoms with van der Waals surface area (Å²) in [4.78, 5) is 35.4. The lowest BCUT2D eigenvalue weighted by atomic mass is 10.0. The smallest absolute Gasteiger partial charge is 0.462 e. The Morgan fingerprint density at radius 3 is 0.933 bits per heavy atom. The number of ether oxygens (including phenoxy) is 2. The second-order valence-corrected chi connectivity index (χ2v) is 27.3. The fourth-order valence-electron chi connectivity index (χ4n) is 11.4. The molecule has 0 rings (SSSR count). The molecule has 89 heavy (non-hydrogen) atoms. The number of nitrogens with two attached hydrogens (primary N) is 1. The lowest BCUT2D eigenvalue weighted by molar-refractivity contribution is -0.161. The molecule has 9 nitrogen and oxygen atoms in total. The van der Waals surface area contributed by atoms with Gasteiger partial charge in [0.05, 0.1) is 13.2 Å². The standard InChI is InChI=1S/C79H146NO8P/c1-3-5-7-9-11-13-15-17-19-21-23-25-27-29-31-33-35-36-37-38-39-40-42-44-46-48-50-52-54-56-58-60-62-64-66-68-70-72-79(82)88-77(76-87-89(83,84)86-74-73-80)75-85-78(81)71-69-67-65-63-61-59-57-55-53-51-49-47-45-43-41-34-32-30-28-26-24-22-20-18-16-14-12-10-8-6-4-2/h5,7,11,13,17,19,22-25,29,31,77H,3-4,6,8-10,12,14-16,18,20-21,26-28,30,32-76,80H2,1-2H3,(H,83,84)/b7-5-,13-11-,19-17-,24-22-,25-23-,31-29-. The number of phosphoric acid groups is 1. The number of carbonyl (C=O) groups is 2. The third-order valence-corrected chi connectivity index (χ3v) is 18.1. The molecule has 0 amide bonds. The lowest BCUT2D eigenvalue weighted by Crippen LogP contribution is -2.29. The van der Waals surface area contributed by atoms with E-state index in [4.69, 9.17) is 24.3 Å². The van der Waals surface area contributed by atoms with Crippen LogP contribution in [0.2, 0.25) is 0 Å². The van der Waals surface area contributed by atoms with Crippen molar-refractivity contribution < 1.29 is 37.6 Å². The zero-order valence-corrected chi connectivity index (χ0v) is 59.6. The van der Waals surface area contributed by atoms with Crippen LogP contribution in [0.25, 0.3) is 0 Å². The van der Waals surface area contributed by atoms with Crippen LogP contribution in [0.15, 0.2) is 72.9 Å². The van der Waals surface area contributed by atoms with Gasteiger partial charge in [0, 0.05) is 19.4 Å². The van der Waals surface area contributed by atoms with E-state index >= 15 is 0 Å². The van der Waals surface area contributed by atoms with E-state index in [2.05, 4.69) is 86.8 Å². The fraction of sp³-hybridized carbons (Fsp3) is 0.823. The third-order valence-electron chi connectivity index (χ3n) is 17.1. The summed E-state index contributed by atoms with van der Waals surface area (Å²) in [5, 5.41) is 0. The fourth-order valence-corrected chi connectivity index (χ4v) is 12.2. The first-order valence-corrected chi connectivity index (χ1v) is 39.9. The Labute approximate surface area is 552 Å². The van der Waals surface area contributed by atoms with Crippen molar-refractivity contribution in [3.8, 4) is 0 Å². The molecule has 0 saturated carbocycles. The van der Waals surface area contributed by atoms with Crippen molar-refractivity contribution in [1.29, 1.82) is 0 Å². The van der Waals surface area contributed by atoms with Gasteiger partial charge in [-0.15, -0.1) is 0 Å². The molecule has 0 heterocycles. The Kier molecular flexibility index (Phi) is 72.4. The number of phosphoric ester groups is 1. The van der Waals surface area contributed by atoms with Crippen LogP contribution in [-0.4, -0.2) is 49.3 Å². The molecule has 0 aliphatic heterocycles. The molecule has 3 N–H and O–H groups in total. The Balaban J connectivity index is 3.79. The zero-order chi connectivity index (χ0) is 64.4. The summed E-state index contributed by atoms with van der Waals surface area (Å²) < 4.78 is 33.3. The molecule has 0 radical (unpaired) electrons. The molecule has 10 heteroatoms. The van der Waals surface area contributed by atoms with Crippen molar-refractivity contribution in [2.75, 3.05) is 26.4 Å². The molecule has 0 aliphatic rings. The first kappa shape index (κ1) is 86.5. The molecule has 0 aromatic heterocycles. The molecule has 0 aliphatic carbocycles. The molecule has 0 bridgehead atoms. The predicted octanol–water partition coefficient (Wildman–Crippen LogP) is 25.5. The van der Waals surface area contributed by atoms with E-state index in [1.807, 2.05) is 0 Å². The average Bonchev–Trinajstić information content (AvgIpc) is 3.68. The number of hydrogen-bond acceptors (Lipinski definition) is 8. The molecule has 520 valence electrons. The summed E-state index contributed by atoms with van der Waals surface area (Å²) in [5.74, 6) is -0.806. The molecule has 0 aromatic carbocycles. The topological polar surface area (TPSA) is 134 Å². The van der Waals surface area contributed by atoms with Crippen molar-refractivity contribution in [3.63, 3.8) is 0 Å². The maximum Gasteiger partial charge on any atom is 0.472 e. The Morgan fingerprint density at radius 1 is 0.348 bits per heavy atom. The van der Waals surface area contributed by atoms with E-state index in [0.29, 0.717) is 6.42 Å².